The van der Waals surface area contributed by atoms with Crippen molar-refractivity contribution in [3.8, 4) is 0 Å². The SMILES string of the molecule is CCCC/C=C\CCCCCCCC(=O)NC(COP(=O)([O-])OCC[N+](C)(C)C)C(/C=C/CCCCCCCCCCCC)OC(=O)CC/C=C/C/C=C\CCCCCCCC. The first-order chi connectivity index (χ1) is 29.9. The van der Waals surface area contributed by atoms with Crippen molar-refractivity contribution in [1.82, 2.24) is 5.32 Å². The van der Waals surface area contributed by atoms with Gasteiger partial charge in [-0.2, -0.15) is 0 Å². The molecular formula is C52H97N2O7P. The molecule has 0 aromatic heterocycles. The lowest BCUT2D eigenvalue weighted by atomic mass is 10.0. The highest BCUT2D eigenvalue weighted by Gasteiger charge is 2.27. The van der Waals surface area contributed by atoms with E-state index in [1.54, 1.807) is 6.08 Å². The smallest absolute Gasteiger partial charge is 0.306 e. The number of unbranched alkanes of at least 4 members (excludes halogenated alkanes) is 23. The van der Waals surface area contributed by atoms with Gasteiger partial charge < -0.3 is 28.5 Å². The minimum absolute atomic E-state index is 0.0317. The summed E-state index contributed by atoms with van der Waals surface area (Å²) in [7, 11) is 1.15. The lowest BCUT2D eigenvalue weighted by Crippen LogP contribution is -2.47. The van der Waals surface area contributed by atoms with Gasteiger partial charge >= 0.3 is 5.97 Å². The number of nitrogens with zero attached hydrogens (tertiary/aromatic N) is 1. The van der Waals surface area contributed by atoms with Gasteiger partial charge in [0.05, 0.1) is 33.8 Å². The van der Waals surface area contributed by atoms with Crippen molar-refractivity contribution in [1.29, 1.82) is 0 Å². The van der Waals surface area contributed by atoms with Crippen molar-refractivity contribution in [3.05, 3.63) is 48.6 Å². The van der Waals surface area contributed by atoms with Gasteiger partial charge in [-0.25, -0.2) is 0 Å². The van der Waals surface area contributed by atoms with E-state index in [1.807, 2.05) is 33.3 Å². The molecule has 0 aliphatic carbocycles. The van der Waals surface area contributed by atoms with Gasteiger partial charge in [0.15, 0.2) is 0 Å². The maximum atomic E-state index is 13.4. The van der Waals surface area contributed by atoms with Crippen LogP contribution in [-0.2, 0) is 27.9 Å². The first kappa shape index (κ1) is 60.0. The van der Waals surface area contributed by atoms with Crippen molar-refractivity contribution in [2.45, 2.75) is 232 Å². The first-order valence-corrected chi connectivity index (χ1v) is 26.9. The molecule has 0 rings (SSSR count). The molecule has 0 aliphatic rings. The number of nitrogens with one attached hydrogen (secondary N) is 1. The third kappa shape index (κ3) is 43.2. The number of hydrogen-bond acceptors (Lipinski definition) is 7. The average Bonchev–Trinajstić information content (AvgIpc) is 3.22. The van der Waals surface area contributed by atoms with Crippen LogP contribution in [-0.4, -0.2) is 69.4 Å². The zero-order valence-corrected chi connectivity index (χ0v) is 42.0. The molecule has 1 amide bonds. The summed E-state index contributed by atoms with van der Waals surface area (Å²) < 4.78 is 30.0. The summed E-state index contributed by atoms with van der Waals surface area (Å²) in [6.07, 6.45) is 49.5. The van der Waals surface area contributed by atoms with Crippen molar-refractivity contribution >= 4 is 19.7 Å². The second-order valence-corrected chi connectivity index (χ2v) is 19.7. The number of hydrogen-bond donors (Lipinski definition) is 1. The Balaban J connectivity index is 5.55. The number of ether oxygens (including phenoxy) is 1. The third-order valence-electron chi connectivity index (χ3n) is 11.0. The number of phosphoric acid groups is 1. The van der Waals surface area contributed by atoms with E-state index in [4.69, 9.17) is 13.8 Å². The molecule has 3 unspecified atom stereocenters. The Morgan fingerprint density at radius 1 is 0.565 bits per heavy atom. The fourth-order valence-electron chi connectivity index (χ4n) is 6.97. The molecule has 0 heterocycles. The Kier molecular flexibility index (Phi) is 41.5. The quantitative estimate of drug-likeness (QED) is 0.0213. The average molecular weight is 893 g/mol. The van der Waals surface area contributed by atoms with E-state index in [9.17, 15) is 19.0 Å². The van der Waals surface area contributed by atoms with E-state index in [0.29, 0.717) is 23.9 Å². The maximum absolute atomic E-state index is 13.4. The molecule has 0 radical (unpaired) electrons. The Bertz CT molecular complexity index is 1210. The van der Waals surface area contributed by atoms with E-state index >= 15 is 0 Å². The van der Waals surface area contributed by atoms with Crippen molar-refractivity contribution in [3.63, 3.8) is 0 Å². The molecule has 1 N–H and O–H groups in total. The van der Waals surface area contributed by atoms with Gasteiger partial charge in [-0.3, -0.25) is 14.2 Å². The molecule has 62 heavy (non-hydrogen) atoms. The molecule has 0 saturated carbocycles. The number of amides is 1. The Morgan fingerprint density at radius 3 is 1.55 bits per heavy atom. The normalized spacial score (nSPS) is 14.4. The van der Waals surface area contributed by atoms with Crippen LogP contribution in [0.3, 0.4) is 0 Å². The largest absolute Gasteiger partial charge is 0.756 e. The predicted octanol–water partition coefficient (Wildman–Crippen LogP) is 14.0. The van der Waals surface area contributed by atoms with Gasteiger partial charge in [0.2, 0.25) is 5.91 Å². The number of carbonyl (C=O) groups excluding carboxylic acids is 2. The fraction of sp³-hybridized carbons (Fsp3) is 0.808. The molecule has 0 saturated heterocycles. The van der Waals surface area contributed by atoms with E-state index in [-0.39, 0.29) is 18.9 Å². The van der Waals surface area contributed by atoms with Gasteiger partial charge in [-0.1, -0.05) is 185 Å². The zero-order chi connectivity index (χ0) is 45.8. The second-order valence-electron chi connectivity index (χ2n) is 18.3. The van der Waals surface area contributed by atoms with Crippen LogP contribution in [0.2, 0.25) is 0 Å². The van der Waals surface area contributed by atoms with Crippen LogP contribution >= 0.6 is 7.82 Å². The topological polar surface area (TPSA) is 114 Å². The Hall–Kier alpha value is -2.03. The highest BCUT2D eigenvalue weighted by Crippen LogP contribution is 2.38. The summed E-state index contributed by atoms with van der Waals surface area (Å²) in [6, 6.07) is -0.911. The third-order valence-corrected chi connectivity index (χ3v) is 12.0. The van der Waals surface area contributed by atoms with Crippen LogP contribution < -0.4 is 10.2 Å². The molecular weight excluding hydrogens is 796 g/mol. The number of rotatable bonds is 45. The van der Waals surface area contributed by atoms with Gasteiger partial charge in [0.1, 0.15) is 19.3 Å². The lowest BCUT2D eigenvalue weighted by molar-refractivity contribution is -0.870. The molecule has 0 bridgehead atoms. The second kappa shape index (κ2) is 42.9. The van der Waals surface area contributed by atoms with E-state index in [1.165, 1.54) is 103 Å². The first-order valence-electron chi connectivity index (χ1n) is 25.4. The van der Waals surface area contributed by atoms with Crippen LogP contribution in [0.4, 0.5) is 0 Å². The highest BCUT2D eigenvalue weighted by atomic mass is 31.2. The summed E-state index contributed by atoms with van der Waals surface area (Å²) in [5.74, 6) is -0.633. The molecule has 10 heteroatoms. The van der Waals surface area contributed by atoms with E-state index < -0.39 is 32.5 Å². The van der Waals surface area contributed by atoms with E-state index in [0.717, 1.165) is 77.0 Å². The highest BCUT2D eigenvalue weighted by molar-refractivity contribution is 7.45. The number of quaternary nitrogens is 1. The van der Waals surface area contributed by atoms with Crippen molar-refractivity contribution in [2.75, 3.05) is 40.9 Å². The molecule has 3 atom stereocenters. The number of phosphoric ester groups is 1. The number of carbonyl (C=O) groups is 2. The summed E-state index contributed by atoms with van der Waals surface area (Å²) in [4.78, 5) is 39.5. The lowest BCUT2D eigenvalue weighted by Gasteiger charge is -2.30. The molecule has 9 nitrogen and oxygen atoms in total. The monoisotopic (exact) mass is 893 g/mol. The molecule has 362 valence electrons. The van der Waals surface area contributed by atoms with Crippen molar-refractivity contribution in [2.24, 2.45) is 0 Å². The number of esters is 1. The number of likely N-dealkylation sites (N-methyl/N-ethyl adjacent to an activating group) is 1. The minimum atomic E-state index is -4.70. The summed E-state index contributed by atoms with van der Waals surface area (Å²) in [6.45, 7) is 6.73. The molecule has 0 aromatic rings. The molecule has 0 aliphatic heterocycles. The van der Waals surface area contributed by atoms with Gasteiger partial charge in [0, 0.05) is 12.8 Å². The van der Waals surface area contributed by atoms with Gasteiger partial charge in [-0.15, -0.1) is 0 Å². The van der Waals surface area contributed by atoms with Crippen LogP contribution in [0.1, 0.15) is 220 Å². The molecule has 0 spiro atoms. The zero-order valence-electron chi connectivity index (χ0n) is 41.1. The van der Waals surface area contributed by atoms with Gasteiger partial charge in [-0.05, 0) is 70.3 Å². The fourth-order valence-corrected chi connectivity index (χ4v) is 7.69. The maximum Gasteiger partial charge on any atom is 0.306 e. The Morgan fingerprint density at radius 2 is 1.02 bits per heavy atom. The van der Waals surface area contributed by atoms with Crippen molar-refractivity contribution < 1.29 is 37.3 Å². The standard InChI is InChI=1S/C52H97N2O7P/c1-7-10-13-16-19-22-25-27-30-33-36-39-42-45-52(56)61-50(43-40-37-34-31-29-26-23-20-17-14-11-8-2)49(48-60-62(57,58)59-47-46-54(4,5)6)53-51(55)44-41-38-35-32-28-24-21-18-15-12-9-3/h18,21,27,30,36,39-40,43,49-50H,7-17,19-20,22-26,28-29,31-35,37-38,41-42,44-48H2,1-6H3,(H-,53,55,57,58)/b21-18-,30-27-,39-36+,43-40+. The van der Waals surface area contributed by atoms with Crippen LogP contribution in [0, 0.1) is 0 Å². The number of allylic oxidation sites excluding steroid dienone is 7. The molecule has 0 aromatic carbocycles. The van der Waals surface area contributed by atoms with Crippen LogP contribution in [0.25, 0.3) is 0 Å². The summed E-state index contributed by atoms with van der Waals surface area (Å²) in [5.41, 5.74) is 0. The van der Waals surface area contributed by atoms with Gasteiger partial charge in [0.25, 0.3) is 7.82 Å². The predicted molar refractivity (Wildman–Crippen MR) is 261 cm³/mol. The van der Waals surface area contributed by atoms with E-state index in [2.05, 4.69) is 56.5 Å². The Labute approximate surface area is 382 Å². The molecule has 0 fully saturated rings. The summed E-state index contributed by atoms with van der Waals surface area (Å²) >= 11 is 0. The van der Waals surface area contributed by atoms with Crippen LogP contribution in [0.5, 0.6) is 0 Å². The summed E-state index contributed by atoms with van der Waals surface area (Å²) in [5, 5.41) is 2.98. The van der Waals surface area contributed by atoms with Crippen LogP contribution in [0.15, 0.2) is 48.6 Å². The minimum Gasteiger partial charge on any atom is -0.756 e.